The van der Waals surface area contributed by atoms with E-state index in [1.165, 1.54) is 0 Å². The Morgan fingerprint density at radius 1 is 1.19 bits per heavy atom. The van der Waals surface area contributed by atoms with Crippen LogP contribution in [0.1, 0.15) is 23.7 Å². The molecule has 0 aliphatic carbocycles. The Bertz CT molecular complexity index is 1260. The highest BCUT2D eigenvalue weighted by Crippen LogP contribution is 2.35. The Kier molecular flexibility index (Phi) is 6.04. The molecule has 1 amide bonds. The summed E-state index contributed by atoms with van der Waals surface area (Å²) in [5, 5.41) is 22.6. The van der Waals surface area contributed by atoms with Gasteiger partial charge >= 0.3 is 0 Å². The van der Waals surface area contributed by atoms with Crippen LogP contribution in [-0.4, -0.2) is 50.8 Å². The van der Waals surface area contributed by atoms with Gasteiger partial charge in [-0.15, -0.1) is 0 Å². The number of aromatic hydroxyl groups is 1. The molecule has 2 aromatic carbocycles. The molecule has 0 saturated carbocycles. The first kappa shape index (κ1) is 21.3. The molecule has 8 heteroatoms. The minimum atomic E-state index is -0.292. The number of carbonyl (C=O) groups excluding carboxylic acids is 1. The number of nitrogens with zero attached hydrogens (tertiary/aromatic N) is 2. The highest BCUT2D eigenvalue weighted by Gasteiger charge is 2.16. The van der Waals surface area contributed by atoms with Gasteiger partial charge in [0, 0.05) is 17.3 Å². The maximum Gasteiger partial charge on any atom is 0.251 e. The van der Waals surface area contributed by atoms with Gasteiger partial charge in [0.25, 0.3) is 5.91 Å². The number of pyridine rings is 1. The van der Waals surface area contributed by atoms with Crippen LogP contribution in [0.3, 0.4) is 0 Å². The van der Waals surface area contributed by atoms with Crippen LogP contribution in [-0.2, 0) is 0 Å². The number of phenols is 1. The number of phenolic OH excluding ortho intramolecular Hbond substituents is 1. The van der Waals surface area contributed by atoms with Gasteiger partial charge in [0.1, 0.15) is 11.6 Å². The van der Waals surface area contributed by atoms with Crippen molar-refractivity contribution in [3.63, 3.8) is 0 Å². The van der Waals surface area contributed by atoms with Gasteiger partial charge in [0.2, 0.25) is 5.88 Å². The first-order chi connectivity index (χ1) is 15.5. The van der Waals surface area contributed by atoms with Gasteiger partial charge in [-0.05, 0) is 54.4 Å². The summed E-state index contributed by atoms with van der Waals surface area (Å²) in [6.45, 7) is 1.78. The number of fused-ring (bicyclic) bond motifs is 1. The number of aromatic amines is 1. The van der Waals surface area contributed by atoms with Crippen LogP contribution in [0.2, 0.25) is 0 Å². The fourth-order valence-corrected chi connectivity index (χ4v) is 3.49. The van der Waals surface area contributed by atoms with Gasteiger partial charge in [0.15, 0.2) is 0 Å². The molecule has 2 heterocycles. The largest absolute Gasteiger partial charge is 0.507 e. The number of benzene rings is 2. The number of imidazole rings is 1. The van der Waals surface area contributed by atoms with Gasteiger partial charge in [-0.25, -0.2) is 9.97 Å². The number of methoxy groups -OCH3 is 1. The first-order valence-corrected chi connectivity index (χ1v) is 10.3. The Morgan fingerprint density at radius 2 is 2.03 bits per heavy atom. The van der Waals surface area contributed by atoms with Crippen molar-refractivity contribution in [3.05, 3.63) is 60.3 Å². The lowest BCUT2D eigenvalue weighted by Gasteiger charge is -2.13. The smallest absolute Gasteiger partial charge is 0.251 e. The average Bonchev–Trinajstić information content (AvgIpc) is 3.25. The number of H-pyrrole nitrogens is 1. The zero-order valence-corrected chi connectivity index (χ0v) is 17.8. The predicted molar refractivity (Wildman–Crippen MR) is 122 cm³/mol. The molecule has 8 nitrogen and oxygen atoms in total. The Morgan fingerprint density at radius 3 is 2.78 bits per heavy atom. The van der Waals surface area contributed by atoms with Crippen LogP contribution in [0.25, 0.3) is 33.5 Å². The number of rotatable bonds is 7. The van der Waals surface area contributed by atoms with E-state index in [9.17, 15) is 15.0 Å². The number of aliphatic hydroxyl groups excluding tert-OH is 1. The summed E-state index contributed by atoms with van der Waals surface area (Å²) in [5.74, 6) is 0.763. The van der Waals surface area contributed by atoms with E-state index in [-0.39, 0.29) is 24.3 Å². The van der Waals surface area contributed by atoms with Crippen molar-refractivity contribution in [2.24, 2.45) is 0 Å². The summed E-state index contributed by atoms with van der Waals surface area (Å²) in [6.07, 6.45) is 2.29. The van der Waals surface area contributed by atoms with Gasteiger partial charge in [-0.1, -0.05) is 13.0 Å². The summed E-state index contributed by atoms with van der Waals surface area (Å²) in [6, 6.07) is 13.7. The molecule has 0 spiro atoms. The average molecular weight is 432 g/mol. The van der Waals surface area contributed by atoms with Gasteiger partial charge in [0.05, 0.1) is 36.4 Å². The number of aromatic nitrogens is 3. The van der Waals surface area contributed by atoms with Crippen molar-refractivity contribution in [1.82, 2.24) is 20.3 Å². The summed E-state index contributed by atoms with van der Waals surface area (Å²) in [4.78, 5) is 24.5. The second-order valence-corrected chi connectivity index (χ2v) is 7.37. The SMILES string of the molecule is CC[C@H](CO)NC(=O)c1ccc2nc(-c3cc(-c4cccnc4OC)ccc3O)[nH]c2c1. The number of ether oxygens (including phenoxy) is 1. The lowest BCUT2D eigenvalue weighted by molar-refractivity contribution is 0.0915. The van der Waals surface area contributed by atoms with E-state index < -0.39 is 0 Å². The van der Waals surface area contributed by atoms with E-state index >= 15 is 0 Å². The molecule has 0 saturated heterocycles. The van der Waals surface area contributed by atoms with Crippen LogP contribution >= 0.6 is 0 Å². The van der Waals surface area contributed by atoms with Gasteiger partial charge < -0.3 is 25.3 Å². The quantitative estimate of drug-likeness (QED) is 0.355. The Hall–Kier alpha value is -3.91. The fraction of sp³-hybridized carbons (Fsp3) is 0.208. The molecule has 0 fully saturated rings. The van der Waals surface area contributed by atoms with E-state index in [1.54, 1.807) is 43.6 Å². The van der Waals surface area contributed by atoms with Crippen molar-refractivity contribution >= 4 is 16.9 Å². The minimum absolute atomic E-state index is 0.0716. The molecule has 4 N–H and O–H groups in total. The maximum absolute atomic E-state index is 12.5. The lowest BCUT2D eigenvalue weighted by Crippen LogP contribution is -2.36. The van der Waals surface area contributed by atoms with Gasteiger partial charge in [-0.2, -0.15) is 0 Å². The molecule has 0 aliphatic rings. The van der Waals surface area contributed by atoms with E-state index in [0.717, 1.165) is 11.1 Å². The molecular formula is C24H24N4O4. The van der Waals surface area contributed by atoms with E-state index in [4.69, 9.17) is 4.74 Å². The van der Waals surface area contributed by atoms with Gasteiger partial charge in [-0.3, -0.25) is 4.79 Å². The number of nitrogens with one attached hydrogen (secondary N) is 2. The van der Waals surface area contributed by atoms with Crippen LogP contribution in [0.5, 0.6) is 11.6 Å². The van der Waals surface area contributed by atoms with E-state index in [0.29, 0.717) is 40.3 Å². The molecular weight excluding hydrogens is 408 g/mol. The number of aliphatic hydroxyl groups is 1. The number of hydrogen-bond donors (Lipinski definition) is 4. The minimum Gasteiger partial charge on any atom is -0.507 e. The zero-order chi connectivity index (χ0) is 22.7. The Balaban J connectivity index is 1.70. The van der Waals surface area contributed by atoms with Crippen molar-refractivity contribution in [1.29, 1.82) is 0 Å². The topological polar surface area (TPSA) is 120 Å². The normalized spacial score (nSPS) is 12.0. The molecule has 2 aromatic heterocycles. The fourth-order valence-electron chi connectivity index (χ4n) is 3.49. The summed E-state index contributed by atoms with van der Waals surface area (Å²) in [7, 11) is 1.56. The highest BCUT2D eigenvalue weighted by molar-refractivity contribution is 5.98. The van der Waals surface area contributed by atoms with E-state index in [2.05, 4.69) is 20.3 Å². The molecule has 0 radical (unpaired) electrons. The second-order valence-electron chi connectivity index (χ2n) is 7.37. The first-order valence-electron chi connectivity index (χ1n) is 10.3. The van der Waals surface area contributed by atoms with Crippen molar-refractivity contribution in [2.45, 2.75) is 19.4 Å². The number of amides is 1. The summed E-state index contributed by atoms with van der Waals surface area (Å²) < 4.78 is 5.35. The van der Waals surface area contributed by atoms with Crippen LogP contribution in [0.15, 0.2) is 54.7 Å². The number of carbonyl (C=O) groups is 1. The Labute approximate surface area is 184 Å². The summed E-state index contributed by atoms with van der Waals surface area (Å²) in [5.41, 5.74) is 3.90. The molecule has 1 atom stereocenters. The van der Waals surface area contributed by atoms with Crippen molar-refractivity contribution in [2.75, 3.05) is 13.7 Å². The standard InChI is InChI=1S/C24H24N4O4/c1-3-16(13-29)26-23(31)15-6-8-19-20(12-15)28-22(27-19)18-11-14(7-9-21(18)30)17-5-4-10-25-24(17)32-2/h4-12,16,29-30H,3,13H2,1-2H3,(H,26,31)(H,27,28)/t16-/m1/s1. The molecule has 4 aromatic rings. The molecule has 32 heavy (non-hydrogen) atoms. The van der Waals surface area contributed by atoms with Crippen molar-refractivity contribution < 1.29 is 19.7 Å². The maximum atomic E-state index is 12.5. The second kappa shape index (κ2) is 9.07. The monoisotopic (exact) mass is 432 g/mol. The third kappa shape index (κ3) is 4.13. The summed E-state index contributed by atoms with van der Waals surface area (Å²) >= 11 is 0. The highest BCUT2D eigenvalue weighted by atomic mass is 16.5. The molecule has 4 rings (SSSR count). The predicted octanol–water partition coefficient (Wildman–Crippen LogP) is 3.51. The van der Waals surface area contributed by atoms with E-state index in [1.807, 2.05) is 25.1 Å². The molecule has 0 bridgehead atoms. The van der Waals surface area contributed by atoms with Crippen LogP contribution in [0.4, 0.5) is 0 Å². The zero-order valence-electron chi connectivity index (χ0n) is 17.8. The third-order valence-electron chi connectivity index (χ3n) is 5.32. The van der Waals surface area contributed by atoms with Crippen LogP contribution in [0, 0.1) is 0 Å². The van der Waals surface area contributed by atoms with Crippen LogP contribution < -0.4 is 10.1 Å². The van der Waals surface area contributed by atoms with Crippen molar-refractivity contribution in [3.8, 4) is 34.1 Å². The lowest BCUT2D eigenvalue weighted by atomic mass is 10.0. The molecule has 164 valence electrons. The molecule has 0 aliphatic heterocycles. The number of hydrogen-bond acceptors (Lipinski definition) is 6. The molecule has 0 unspecified atom stereocenters. The third-order valence-corrected chi connectivity index (χ3v) is 5.32.